The standard InChI is InChI=1S/C22H18BrNO/c1-15-7-10-21(25)19(13-15)22(16-5-3-2-4-6-16)24-12-11-17-14-18(23)8-9-20(17)24/h2-14,22,25H,1H3. The van der Waals surface area contributed by atoms with Gasteiger partial charge in [0.15, 0.2) is 0 Å². The Morgan fingerprint density at radius 1 is 0.920 bits per heavy atom. The van der Waals surface area contributed by atoms with E-state index in [-0.39, 0.29) is 6.04 Å². The van der Waals surface area contributed by atoms with E-state index in [9.17, 15) is 5.11 Å². The predicted molar refractivity (Wildman–Crippen MR) is 106 cm³/mol. The highest BCUT2D eigenvalue weighted by Crippen LogP contribution is 2.36. The average Bonchev–Trinajstić information content (AvgIpc) is 3.02. The highest BCUT2D eigenvalue weighted by molar-refractivity contribution is 9.10. The first-order chi connectivity index (χ1) is 12.1. The van der Waals surface area contributed by atoms with Crippen LogP contribution in [0.3, 0.4) is 0 Å². The minimum absolute atomic E-state index is 0.0835. The molecule has 1 aromatic heterocycles. The fraction of sp³-hybridized carbons (Fsp3) is 0.0909. The number of aryl methyl sites for hydroxylation is 1. The van der Waals surface area contributed by atoms with Crippen molar-refractivity contribution >= 4 is 26.8 Å². The summed E-state index contributed by atoms with van der Waals surface area (Å²) in [4.78, 5) is 0. The van der Waals surface area contributed by atoms with Crippen molar-refractivity contribution in [1.29, 1.82) is 0 Å². The Morgan fingerprint density at radius 2 is 1.72 bits per heavy atom. The van der Waals surface area contributed by atoms with Gasteiger partial charge in [-0.3, -0.25) is 0 Å². The van der Waals surface area contributed by atoms with Gasteiger partial charge in [-0.15, -0.1) is 0 Å². The molecule has 0 aliphatic heterocycles. The maximum absolute atomic E-state index is 10.6. The molecule has 0 aliphatic rings. The van der Waals surface area contributed by atoms with Crippen LogP contribution in [0, 0.1) is 6.92 Å². The van der Waals surface area contributed by atoms with E-state index < -0.39 is 0 Å². The third-order valence-electron chi connectivity index (χ3n) is 4.55. The van der Waals surface area contributed by atoms with Crippen molar-refractivity contribution in [3.8, 4) is 5.75 Å². The molecule has 1 unspecified atom stereocenters. The van der Waals surface area contributed by atoms with Crippen LogP contribution in [0.15, 0.2) is 83.5 Å². The first-order valence-corrected chi connectivity index (χ1v) is 9.03. The number of aromatic nitrogens is 1. The molecular formula is C22H18BrNO. The van der Waals surface area contributed by atoms with Crippen LogP contribution in [0.25, 0.3) is 10.9 Å². The van der Waals surface area contributed by atoms with E-state index >= 15 is 0 Å². The maximum atomic E-state index is 10.6. The fourth-order valence-corrected chi connectivity index (χ4v) is 3.76. The molecule has 4 aromatic rings. The van der Waals surface area contributed by atoms with Gasteiger partial charge in [-0.1, -0.05) is 57.9 Å². The molecule has 0 spiro atoms. The third-order valence-corrected chi connectivity index (χ3v) is 5.05. The molecule has 2 nitrogen and oxygen atoms in total. The minimum Gasteiger partial charge on any atom is -0.508 e. The van der Waals surface area contributed by atoms with Gasteiger partial charge in [0.05, 0.1) is 6.04 Å². The van der Waals surface area contributed by atoms with Gasteiger partial charge >= 0.3 is 0 Å². The number of fused-ring (bicyclic) bond motifs is 1. The van der Waals surface area contributed by atoms with Gasteiger partial charge in [-0.2, -0.15) is 0 Å². The van der Waals surface area contributed by atoms with Crippen molar-refractivity contribution in [2.45, 2.75) is 13.0 Å². The quantitative estimate of drug-likeness (QED) is 0.451. The van der Waals surface area contributed by atoms with Crippen molar-refractivity contribution < 1.29 is 5.11 Å². The van der Waals surface area contributed by atoms with E-state index in [1.807, 2.05) is 24.3 Å². The molecule has 0 radical (unpaired) electrons. The fourth-order valence-electron chi connectivity index (χ4n) is 3.38. The molecule has 0 fully saturated rings. The number of nitrogens with zero attached hydrogens (tertiary/aromatic N) is 1. The summed E-state index contributed by atoms with van der Waals surface area (Å²) in [5.41, 5.74) is 4.32. The molecule has 124 valence electrons. The molecule has 1 heterocycles. The molecule has 0 aliphatic carbocycles. The molecular weight excluding hydrogens is 374 g/mol. The summed E-state index contributed by atoms with van der Waals surface area (Å²) in [6.07, 6.45) is 2.09. The largest absolute Gasteiger partial charge is 0.508 e. The topological polar surface area (TPSA) is 25.2 Å². The number of aromatic hydroxyl groups is 1. The maximum Gasteiger partial charge on any atom is 0.121 e. The van der Waals surface area contributed by atoms with E-state index in [1.54, 1.807) is 6.07 Å². The van der Waals surface area contributed by atoms with Gasteiger partial charge in [0, 0.05) is 27.1 Å². The number of hydrogen-bond donors (Lipinski definition) is 1. The molecule has 1 N–H and O–H groups in total. The highest BCUT2D eigenvalue weighted by atomic mass is 79.9. The van der Waals surface area contributed by atoms with Crippen molar-refractivity contribution in [1.82, 2.24) is 4.57 Å². The average molecular weight is 392 g/mol. The summed E-state index contributed by atoms with van der Waals surface area (Å²) in [5, 5.41) is 11.7. The molecule has 0 amide bonds. The second-order valence-corrected chi connectivity index (χ2v) is 7.22. The van der Waals surface area contributed by atoms with Gasteiger partial charge in [0.25, 0.3) is 0 Å². The molecule has 4 rings (SSSR count). The molecule has 0 saturated carbocycles. The molecule has 0 bridgehead atoms. The zero-order chi connectivity index (χ0) is 17.4. The molecule has 1 atom stereocenters. The molecule has 25 heavy (non-hydrogen) atoms. The number of phenolic OH excluding ortho intramolecular Hbond substituents is 1. The van der Waals surface area contributed by atoms with Gasteiger partial charge in [0.1, 0.15) is 5.75 Å². The Morgan fingerprint density at radius 3 is 2.52 bits per heavy atom. The lowest BCUT2D eigenvalue weighted by Gasteiger charge is -2.23. The van der Waals surface area contributed by atoms with E-state index in [0.717, 1.165) is 26.7 Å². The van der Waals surface area contributed by atoms with Gasteiger partial charge in [-0.25, -0.2) is 0 Å². The smallest absolute Gasteiger partial charge is 0.121 e. The lowest BCUT2D eigenvalue weighted by molar-refractivity contribution is 0.461. The normalized spacial score (nSPS) is 12.4. The second-order valence-electron chi connectivity index (χ2n) is 6.30. The SMILES string of the molecule is Cc1ccc(O)c(C(c2ccccc2)n2ccc3cc(Br)ccc32)c1. The number of rotatable bonds is 3. The summed E-state index contributed by atoms with van der Waals surface area (Å²) in [6.45, 7) is 2.05. The van der Waals surface area contributed by atoms with Gasteiger partial charge in [0.2, 0.25) is 0 Å². The van der Waals surface area contributed by atoms with Crippen molar-refractivity contribution in [2.24, 2.45) is 0 Å². The van der Waals surface area contributed by atoms with Crippen molar-refractivity contribution in [3.05, 3.63) is 100 Å². The first-order valence-electron chi connectivity index (χ1n) is 8.24. The Bertz CT molecular complexity index is 1040. The summed E-state index contributed by atoms with van der Waals surface area (Å²) in [5.74, 6) is 0.318. The third kappa shape index (κ3) is 2.96. The van der Waals surface area contributed by atoms with Crippen LogP contribution in [0.2, 0.25) is 0 Å². The monoisotopic (exact) mass is 391 g/mol. The number of hydrogen-bond acceptors (Lipinski definition) is 1. The lowest BCUT2D eigenvalue weighted by atomic mass is 9.96. The molecule has 0 saturated heterocycles. The van der Waals surface area contributed by atoms with Crippen molar-refractivity contribution in [2.75, 3.05) is 0 Å². The Hall–Kier alpha value is -2.52. The van der Waals surface area contributed by atoms with Crippen LogP contribution < -0.4 is 0 Å². The van der Waals surface area contributed by atoms with Crippen LogP contribution in [-0.2, 0) is 0 Å². The number of halogens is 1. The summed E-state index contributed by atoms with van der Waals surface area (Å²) >= 11 is 3.54. The van der Waals surface area contributed by atoms with Crippen LogP contribution in [-0.4, -0.2) is 9.67 Å². The Kier molecular flexibility index (Phi) is 4.10. The summed E-state index contributed by atoms with van der Waals surface area (Å²) in [7, 11) is 0. The Balaban J connectivity index is 1.99. The summed E-state index contributed by atoms with van der Waals surface area (Å²) in [6, 6.07) is 24.4. The molecule has 3 heteroatoms. The van der Waals surface area contributed by atoms with Crippen LogP contribution in [0.1, 0.15) is 22.7 Å². The second kappa shape index (κ2) is 6.41. The van der Waals surface area contributed by atoms with Crippen LogP contribution in [0.5, 0.6) is 5.75 Å². The zero-order valence-corrected chi connectivity index (χ0v) is 15.4. The number of phenols is 1. The first kappa shape index (κ1) is 16.0. The summed E-state index contributed by atoms with van der Waals surface area (Å²) < 4.78 is 3.29. The van der Waals surface area contributed by atoms with Crippen LogP contribution in [0.4, 0.5) is 0 Å². The zero-order valence-electron chi connectivity index (χ0n) is 13.9. The van der Waals surface area contributed by atoms with E-state index in [2.05, 4.69) is 76.1 Å². The van der Waals surface area contributed by atoms with Crippen LogP contribution >= 0.6 is 15.9 Å². The van der Waals surface area contributed by atoms with E-state index in [0.29, 0.717) is 5.75 Å². The Labute approximate surface area is 155 Å². The van der Waals surface area contributed by atoms with E-state index in [1.165, 1.54) is 5.39 Å². The van der Waals surface area contributed by atoms with E-state index in [4.69, 9.17) is 0 Å². The molecule has 3 aromatic carbocycles. The lowest BCUT2D eigenvalue weighted by Crippen LogP contribution is -2.11. The van der Waals surface area contributed by atoms with Gasteiger partial charge in [-0.05, 0) is 48.9 Å². The number of benzene rings is 3. The highest BCUT2D eigenvalue weighted by Gasteiger charge is 2.21. The van der Waals surface area contributed by atoms with Crippen molar-refractivity contribution in [3.63, 3.8) is 0 Å². The predicted octanol–water partition coefficient (Wildman–Crippen LogP) is 6.06. The van der Waals surface area contributed by atoms with Gasteiger partial charge < -0.3 is 9.67 Å². The minimum atomic E-state index is -0.0835.